The molecule has 0 radical (unpaired) electrons. The number of aromatic nitrogens is 2. The molecule has 2 aromatic rings. The van der Waals surface area contributed by atoms with Crippen LogP contribution in [0, 0.1) is 0 Å². The predicted molar refractivity (Wildman–Crippen MR) is 87.2 cm³/mol. The first-order chi connectivity index (χ1) is 9.99. The number of hydrogen-bond donors (Lipinski definition) is 1. The molecule has 1 aromatic carbocycles. The number of amides is 1. The summed E-state index contributed by atoms with van der Waals surface area (Å²) in [6.07, 6.45) is 1.85. The van der Waals surface area contributed by atoms with Gasteiger partial charge in [-0.25, -0.2) is 4.98 Å². The van der Waals surface area contributed by atoms with Gasteiger partial charge in [0.05, 0.1) is 17.1 Å². The van der Waals surface area contributed by atoms with Gasteiger partial charge in [0.2, 0.25) is 5.91 Å². The van der Waals surface area contributed by atoms with Crippen molar-refractivity contribution in [2.24, 2.45) is 7.05 Å². The molecule has 1 heterocycles. The van der Waals surface area contributed by atoms with E-state index in [-0.39, 0.29) is 17.2 Å². The Kier molecular flexibility index (Phi) is 5.07. The zero-order chi connectivity index (χ0) is 15.4. The molecule has 0 fully saturated rings. The molecule has 0 spiro atoms. The van der Waals surface area contributed by atoms with Crippen molar-refractivity contribution in [3.8, 4) is 11.3 Å². The predicted octanol–water partition coefficient (Wildman–Crippen LogP) is 3.09. The summed E-state index contributed by atoms with van der Waals surface area (Å²) in [4.78, 5) is 16.4. The largest absolute Gasteiger partial charge is 0.353 e. The Labute approximate surface area is 130 Å². The van der Waals surface area contributed by atoms with Gasteiger partial charge < -0.3 is 9.88 Å². The third-order valence-electron chi connectivity index (χ3n) is 3.10. The summed E-state index contributed by atoms with van der Waals surface area (Å²) >= 11 is 1.48. The first-order valence-electron chi connectivity index (χ1n) is 7.03. The van der Waals surface area contributed by atoms with Crippen LogP contribution in [0.5, 0.6) is 0 Å². The molecule has 0 bridgehead atoms. The van der Waals surface area contributed by atoms with Crippen LogP contribution in [0.3, 0.4) is 0 Å². The molecule has 112 valence electrons. The smallest absolute Gasteiger partial charge is 0.233 e. The van der Waals surface area contributed by atoms with E-state index in [0.29, 0.717) is 0 Å². The average Bonchev–Trinajstić information content (AvgIpc) is 2.80. The second kappa shape index (κ2) is 6.80. The van der Waals surface area contributed by atoms with Gasteiger partial charge in [-0.2, -0.15) is 0 Å². The lowest BCUT2D eigenvalue weighted by Crippen LogP contribution is -2.36. The van der Waals surface area contributed by atoms with Crippen molar-refractivity contribution < 1.29 is 4.79 Å². The van der Waals surface area contributed by atoms with Gasteiger partial charge >= 0.3 is 0 Å². The molecule has 0 aliphatic carbocycles. The molecule has 2 rings (SSSR count). The Morgan fingerprint density at radius 3 is 2.52 bits per heavy atom. The van der Waals surface area contributed by atoms with E-state index < -0.39 is 0 Å². The number of hydrogen-bond acceptors (Lipinski definition) is 3. The lowest BCUT2D eigenvalue weighted by atomic mass is 10.2. The van der Waals surface area contributed by atoms with Crippen LogP contribution in [-0.4, -0.2) is 26.8 Å². The van der Waals surface area contributed by atoms with Crippen molar-refractivity contribution in [2.75, 3.05) is 0 Å². The van der Waals surface area contributed by atoms with E-state index in [4.69, 9.17) is 0 Å². The molecule has 1 N–H and O–H groups in total. The number of thioether (sulfide) groups is 1. The van der Waals surface area contributed by atoms with Crippen molar-refractivity contribution >= 4 is 17.7 Å². The highest BCUT2D eigenvalue weighted by molar-refractivity contribution is 8.00. The maximum atomic E-state index is 12.0. The molecule has 5 heteroatoms. The highest BCUT2D eigenvalue weighted by Crippen LogP contribution is 2.27. The van der Waals surface area contributed by atoms with E-state index in [1.807, 2.05) is 56.8 Å². The number of nitrogens with zero attached hydrogens (tertiary/aromatic N) is 2. The normalized spacial score (nSPS) is 12.4. The average molecular weight is 303 g/mol. The van der Waals surface area contributed by atoms with Crippen LogP contribution in [-0.2, 0) is 11.8 Å². The van der Waals surface area contributed by atoms with Crippen LogP contribution in [0.4, 0.5) is 0 Å². The fourth-order valence-electron chi connectivity index (χ4n) is 1.99. The summed E-state index contributed by atoms with van der Waals surface area (Å²) in [7, 11) is 1.98. The fourth-order valence-corrected chi connectivity index (χ4v) is 2.85. The third kappa shape index (κ3) is 3.88. The summed E-state index contributed by atoms with van der Waals surface area (Å²) in [6.45, 7) is 5.83. The molecule has 1 atom stereocenters. The van der Waals surface area contributed by atoms with Crippen molar-refractivity contribution in [1.82, 2.24) is 14.9 Å². The van der Waals surface area contributed by atoms with Crippen LogP contribution >= 0.6 is 11.8 Å². The lowest BCUT2D eigenvalue weighted by Gasteiger charge is -2.14. The minimum absolute atomic E-state index is 0.0410. The van der Waals surface area contributed by atoms with E-state index in [2.05, 4.69) is 22.4 Å². The number of benzene rings is 1. The summed E-state index contributed by atoms with van der Waals surface area (Å²) < 4.78 is 2.03. The van der Waals surface area contributed by atoms with Gasteiger partial charge in [-0.05, 0) is 26.3 Å². The number of nitrogens with one attached hydrogen (secondary N) is 1. The Hall–Kier alpha value is -1.75. The van der Waals surface area contributed by atoms with E-state index in [9.17, 15) is 4.79 Å². The standard InChI is InChI=1S/C16H21N3OS/c1-11(2)18-15(20)12(3)21-16-17-10-14(19(16)4)13-8-6-5-7-9-13/h5-12H,1-4H3,(H,18,20)/t12-/m1/s1. The highest BCUT2D eigenvalue weighted by atomic mass is 32.2. The molecule has 1 aromatic heterocycles. The van der Waals surface area contributed by atoms with Crippen molar-refractivity contribution in [3.05, 3.63) is 36.5 Å². The number of carbonyl (C=O) groups is 1. The lowest BCUT2D eigenvalue weighted by molar-refractivity contribution is -0.120. The van der Waals surface area contributed by atoms with Gasteiger partial charge in [0, 0.05) is 13.1 Å². The minimum atomic E-state index is -0.169. The van der Waals surface area contributed by atoms with Crippen LogP contribution in [0.1, 0.15) is 20.8 Å². The Morgan fingerprint density at radius 1 is 1.24 bits per heavy atom. The molecule has 1 amide bonds. The van der Waals surface area contributed by atoms with E-state index >= 15 is 0 Å². The molecule has 0 saturated heterocycles. The quantitative estimate of drug-likeness (QED) is 0.863. The molecular formula is C16H21N3OS. The fraction of sp³-hybridized carbons (Fsp3) is 0.375. The molecule has 0 aliphatic heterocycles. The van der Waals surface area contributed by atoms with Gasteiger partial charge in [-0.1, -0.05) is 42.1 Å². The van der Waals surface area contributed by atoms with E-state index in [0.717, 1.165) is 16.4 Å². The molecular weight excluding hydrogens is 282 g/mol. The summed E-state index contributed by atoms with van der Waals surface area (Å²) in [5.41, 5.74) is 2.17. The van der Waals surface area contributed by atoms with Crippen LogP contribution in [0.15, 0.2) is 41.7 Å². The van der Waals surface area contributed by atoms with E-state index in [1.165, 1.54) is 11.8 Å². The first-order valence-corrected chi connectivity index (χ1v) is 7.91. The van der Waals surface area contributed by atoms with Crippen LogP contribution in [0.25, 0.3) is 11.3 Å². The number of rotatable bonds is 5. The number of carbonyl (C=O) groups excluding carboxylic acids is 1. The van der Waals surface area contributed by atoms with Gasteiger partial charge in [0.25, 0.3) is 0 Å². The van der Waals surface area contributed by atoms with Gasteiger partial charge in [0.1, 0.15) is 0 Å². The van der Waals surface area contributed by atoms with Crippen LogP contribution < -0.4 is 5.32 Å². The molecule has 0 aliphatic rings. The SMILES string of the molecule is CC(C)NC(=O)[C@@H](C)Sc1ncc(-c2ccccc2)n1C. The maximum absolute atomic E-state index is 12.0. The van der Waals surface area contributed by atoms with Crippen molar-refractivity contribution in [2.45, 2.75) is 37.2 Å². The van der Waals surface area contributed by atoms with Crippen molar-refractivity contribution in [1.29, 1.82) is 0 Å². The number of imidazole rings is 1. The summed E-state index contributed by atoms with van der Waals surface area (Å²) in [6, 6.07) is 10.3. The Balaban J connectivity index is 2.12. The molecule has 4 nitrogen and oxygen atoms in total. The maximum Gasteiger partial charge on any atom is 0.233 e. The second-order valence-corrected chi connectivity index (χ2v) is 6.58. The van der Waals surface area contributed by atoms with Crippen LogP contribution in [0.2, 0.25) is 0 Å². The Bertz CT molecular complexity index is 607. The van der Waals surface area contributed by atoms with Gasteiger partial charge in [0.15, 0.2) is 5.16 Å². The monoisotopic (exact) mass is 303 g/mol. The van der Waals surface area contributed by atoms with E-state index in [1.54, 1.807) is 0 Å². The third-order valence-corrected chi connectivity index (χ3v) is 4.26. The topological polar surface area (TPSA) is 46.9 Å². The second-order valence-electron chi connectivity index (χ2n) is 5.27. The van der Waals surface area contributed by atoms with Crippen molar-refractivity contribution in [3.63, 3.8) is 0 Å². The first kappa shape index (κ1) is 15.6. The minimum Gasteiger partial charge on any atom is -0.353 e. The molecule has 0 saturated carbocycles. The molecule has 21 heavy (non-hydrogen) atoms. The Morgan fingerprint density at radius 2 is 1.90 bits per heavy atom. The zero-order valence-electron chi connectivity index (χ0n) is 12.8. The summed E-state index contributed by atoms with van der Waals surface area (Å²) in [5, 5.41) is 3.60. The highest BCUT2D eigenvalue weighted by Gasteiger charge is 2.18. The summed E-state index contributed by atoms with van der Waals surface area (Å²) in [5.74, 6) is 0.0410. The van der Waals surface area contributed by atoms with Gasteiger partial charge in [-0.15, -0.1) is 0 Å². The zero-order valence-corrected chi connectivity index (χ0v) is 13.6. The van der Waals surface area contributed by atoms with Gasteiger partial charge in [-0.3, -0.25) is 4.79 Å². The molecule has 0 unspecified atom stereocenters.